The largest absolute Gasteiger partial charge is 0.367 e. The molecule has 2 N–H and O–H groups in total. The maximum absolute atomic E-state index is 13.6. The van der Waals surface area contributed by atoms with E-state index in [1.165, 1.54) is 6.20 Å². The summed E-state index contributed by atoms with van der Waals surface area (Å²) in [5, 5.41) is 12.8. The number of likely N-dealkylation sites (N-methyl/N-ethyl adjacent to an activating group) is 1. The first-order chi connectivity index (χ1) is 10.5. The highest BCUT2D eigenvalue weighted by Crippen LogP contribution is 2.22. The molecule has 1 heterocycles. The van der Waals surface area contributed by atoms with Gasteiger partial charge in [-0.05, 0) is 26.2 Å². The summed E-state index contributed by atoms with van der Waals surface area (Å²) >= 11 is 0. The number of anilines is 3. The van der Waals surface area contributed by atoms with Crippen LogP contribution in [0.5, 0.6) is 0 Å². The third-order valence-electron chi connectivity index (χ3n) is 2.71. The van der Waals surface area contributed by atoms with Gasteiger partial charge in [0.25, 0.3) is 0 Å². The molecular weight excluding hydrogens is 297 g/mol. The molecule has 0 radical (unpaired) electrons. The van der Waals surface area contributed by atoms with Crippen molar-refractivity contribution in [2.75, 3.05) is 37.8 Å². The molecule has 2 rings (SSSR count). The Balaban J connectivity index is 2.09. The summed E-state index contributed by atoms with van der Waals surface area (Å²) in [6.07, 6.45) is 1.41. The molecule has 0 atom stereocenters. The van der Waals surface area contributed by atoms with E-state index in [1.807, 2.05) is 19.0 Å². The van der Waals surface area contributed by atoms with E-state index in [-0.39, 0.29) is 11.6 Å². The molecule has 0 bridgehead atoms. The molecule has 0 spiro atoms. The lowest BCUT2D eigenvalue weighted by molar-refractivity contribution is 0.425. The van der Waals surface area contributed by atoms with Gasteiger partial charge in [-0.15, -0.1) is 5.10 Å². The first-order valence-corrected chi connectivity index (χ1v) is 6.46. The van der Waals surface area contributed by atoms with Crippen LogP contribution in [0.15, 0.2) is 18.3 Å². The van der Waals surface area contributed by atoms with E-state index in [4.69, 9.17) is 0 Å². The summed E-state index contributed by atoms with van der Waals surface area (Å²) in [6.45, 7) is 1.41. The zero-order chi connectivity index (χ0) is 16.1. The molecule has 0 aliphatic rings. The summed E-state index contributed by atoms with van der Waals surface area (Å²) in [6, 6.07) is 1.87. The van der Waals surface area contributed by atoms with Crippen LogP contribution in [0.1, 0.15) is 0 Å². The Kier molecular flexibility index (Phi) is 5.10. The van der Waals surface area contributed by atoms with E-state index in [1.54, 1.807) is 0 Å². The van der Waals surface area contributed by atoms with E-state index in [0.29, 0.717) is 12.4 Å². The zero-order valence-electron chi connectivity index (χ0n) is 12.1. The fraction of sp³-hybridized carbons (Fsp3) is 0.308. The predicted octanol–water partition coefficient (Wildman–Crippen LogP) is 2.01. The minimum Gasteiger partial charge on any atom is -0.367 e. The monoisotopic (exact) mass is 312 g/mol. The fourth-order valence-electron chi connectivity index (χ4n) is 1.59. The molecule has 22 heavy (non-hydrogen) atoms. The summed E-state index contributed by atoms with van der Waals surface area (Å²) in [7, 11) is 3.86. The Bertz CT molecular complexity index is 650. The van der Waals surface area contributed by atoms with Gasteiger partial charge < -0.3 is 15.5 Å². The number of aromatic nitrogens is 3. The van der Waals surface area contributed by atoms with Gasteiger partial charge >= 0.3 is 0 Å². The van der Waals surface area contributed by atoms with E-state index in [9.17, 15) is 13.2 Å². The standard InChI is InChI=1S/C13H15F3N6/c1-22(2)6-5-17-10-7-18-21-13(20-10)19-9-4-3-8(14)11(15)12(9)16/h3-4,7H,5-6H2,1-2H3,(H2,17,19,20,21). The molecule has 0 aliphatic carbocycles. The summed E-state index contributed by atoms with van der Waals surface area (Å²) in [5.74, 6) is -3.75. The van der Waals surface area contributed by atoms with Crippen molar-refractivity contribution in [2.24, 2.45) is 0 Å². The highest BCUT2D eigenvalue weighted by atomic mass is 19.2. The lowest BCUT2D eigenvalue weighted by Gasteiger charge is -2.11. The van der Waals surface area contributed by atoms with Crippen LogP contribution in [0.4, 0.5) is 30.6 Å². The second kappa shape index (κ2) is 7.03. The summed E-state index contributed by atoms with van der Waals surface area (Å²) in [5.41, 5.74) is -0.272. The molecule has 118 valence electrons. The Morgan fingerprint density at radius 1 is 1.14 bits per heavy atom. The topological polar surface area (TPSA) is 66.0 Å². The highest BCUT2D eigenvalue weighted by Gasteiger charge is 2.14. The van der Waals surface area contributed by atoms with Gasteiger partial charge in [-0.1, -0.05) is 0 Å². The Hall–Kier alpha value is -2.42. The fourth-order valence-corrected chi connectivity index (χ4v) is 1.59. The predicted molar refractivity (Wildman–Crippen MR) is 76.5 cm³/mol. The van der Waals surface area contributed by atoms with Crippen LogP contribution in [0.25, 0.3) is 0 Å². The van der Waals surface area contributed by atoms with E-state index in [0.717, 1.165) is 18.7 Å². The molecule has 1 aromatic carbocycles. The third kappa shape index (κ3) is 4.04. The maximum Gasteiger partial charge on any atom is 0.249 e. The van der Waals surface area contributed by atoms with Crippen LogP contribution in [-0.4, -0.2) is 47.3 Å². The van der Waals surface area contributed by atoms with Crippen LogP contribution in [0.3, 0.4) is 0 Å². The third-order valence-corrected chi connectivity index (χ3v) is 2.71. The van der Waals surface area contributed by atoms with Gasteiger partial charge in [-0.2, -0.15) is 10.1 Å². The second-order valence-corrected chi connectivity index (χ2v) is 4.74. The summed E-state index contributed by atoms with van der Waals surface area (Å²) < 4.78 is 39.6. The molecular formula is C13H15F3N6. The number of nitrogens with one attached hydrogen (secondary N) is 2. The van der Waals surface area contributed by atoms with Gasteiger partial charge in [0, 0.05) is 13.1 Å². The average molecular weight is 312 g/mol. The SMILES string of the molecule is CN(C)CCNc1cnnc(Nc2ccc(F)c(F)c2F)n1. The lowest BCUT2D eigenvalue weighted by atomic mass is 10.3. The minimum absolute atomic E-state index is 0.0280. The number of nitrogens with zero attached hydrogens (tertiary/aromatic N) is 4. The van der Waals surface area contributed by atoms with Crippen LogP contribution in [0.2, 0.25) is 0 Å². The van der Waals surface area contributed by atoms with Gasteiger partial charge in [0.15, 0.2) is 23.3 Å². The normalized spacial score (nSPS) is 10.8. The average Bonchev–Trinajstić information content (AvgIpc) is 2.48. The molecule has 2 aromatic rings. The van der Waals surface area contributed by atoms with Crippen LogP contribution in [-0.2, 0) is 0 Å². The van der Waals surface area contributed by atoms with Crippen molar-refractivity contribution in [1.29, 1.82) is 0 Å². The quantitative estimate of drug-likeness (QED) is 0.796. The molecule has 6 nitrogen and oxygen atoms in total. The van der Waals surface area contributed by atoms with Gasteiger partial charge in [-0.3, -0.25) is 0 Å². The van der Waals surface area contributed by atoms with Crippen molar-refractivity contribution >= 4 is 17.5 Å². The second-order valence-electron chi connectivity index (χ2n) is 4.74. The number of benzene rings is 1. The lowest BCUT2D eigenvalue weighted by Crippen LogP contribution is -2.21. The van der Waals surface area contributed by atoms with Crippen molar-refractivity contribution in [3.8, 4) is 0 Å². The summed E-state index contributed by atoms with van der Waals surface area (Å²) in [4.78, 5) is 6.04. The van der Waals surface area contributed by atoms with Crippen molar-refractivity contribution in [3.63, 3.8) is 0 Å². The van der Waals surface area contributed by atoms with E-state index < -0.39 is 17.5 Å². The van der Waals surface area contributed by atoms with Crippen LogP contribution >= 0.6 is 0 Å². The van der Waals surface area contributed by atoms with Crippen molar-refractivity contribution < 1.29 is 13.2 Å². The van der Waals surface area contributed by atoms with Gasteiger partial charge in [-0.25, -0.2) is 13.2 Å². The first kappa shape index (κ1) is 16.0. The number of halogens is 3. The van der Waals surface area contributed by atoms with E-state index in [2.05, 4.69) is 25.8 Å². The van der Waals surface area contributed by atoms with Crippen LogP contribution < -0.4 is 10.6 Å². The van der Waals surface area contributed by atoms with Gasteiger partial charge in [0.05, 0.1) is 11.9 Å². The Labute approximate surface area is 125 Å². The maximum atomic E-state index is 13.6. The van der Waals surface area contributed by atoms with Crippen LogP contribution in [0, 0.1) is 17.5 Å². The first-order valence-electron chi connectivity index (χ1n) is 6.46. The number of rotatable bonds is 6. The molecule has 0 saturated heterocycles. The molecule has 0 unspecified atom stereocenters. The van der Waals surface area contributed by atoms with Crippen molar-refractivity contribution in [2.45, 2.75) is 0 Å². The molecule has 0 saturated carbocycles. The zero-order valence-corrected chi connectivity index (χ0v) is 12.1. The van der Waals surface area contributed by atoms with Gasteiger partial charge in [0.1, 0.15) is 0 Å². The highest BCUT2D eigenvalue weighted by molar-refractivity contribution is 5.55. The Morgan fingerprint density at radius 2 is 1.91 bits per heavy atom. The Morgan fingerprint density at radius 3 is 2.64 bits per heavy atom. The van der Waals surface area contributed by atoms with Crippen molar-refractivity contribution in [1.82, 2.24) is 20.1 Å². The smallest absolute Gasteiger partial charge is 0.249 e. The minimum atomic E-state index is -1.56. The molecule has 9 heteroatoms. The molecule has 0 aliphatic heterocycles. The molecule has 0 fully saturated rings. The molecule has 1 aromatic heterocycles. The van der Waals surface area contributed by atoms with Crippen molar-refractivity contribution in [3.05, 3.63) is 35.8 Å². The van der Waals surface area contributed by atoms with Gasteiger partial charge in [0.2, 0.25) is 5.95 Å². The van der Waals surface area contributed by atoms with E-state index >= 15 is 0 Å². The molecule has 0 amide bonds. The number of hydrogen-bond acceptors (Lipinski definition) is 6. The number of hydrogen-bond donors (Lipinski definition) is 2.